The van der Waals surface area contributed by atoms with Gasteiger partial charge in [-0.1, -0.05) is 12.1 Å². The Hall–Kier alpha value is -1.77. The molecule has 3 heteroatoms. The Bertz CT molecular complexity index is 432. The molecule has 0 aromatic heterocycles. The molecule has 78 valence electrons. The van der Waals surface area contributed by atoms with Crippen molar-refractivity contribution in [1.29, 1.82) is 0 Å². The molecule has 1 aliphatic carbocycles. The van der Waals surface area contributed by atoms with Crippen LogP contribution in [-0.4, -0.2) is 18.2 Å². The van der Waals surface area contributed by atoms with E-state index in [0.717, 1.165) is 11.1 Å². The van der Waals surface area contributed by atoms with Crippen molar-refractivity contribution >= 4 is 12.0 Å². The number of rotatable bonds is 1. The summed E-state index contributed by atoms with van der Waals surface area (Å²) in [6.45, 7) is 0. The minimum atomic E-state index is -0.288. The second-order valence-electron chi connectivity index (χ2n) is 3.51. The zero-order valence-corrected chi connectivity index (χ0v) is 8.49. The lowest BCUT2D eigenvalue weighted by Crippen LogP contribution is -2.09. The Morgan fingerprint density at radius 1 is 1.40 bits per heavy atom. The van der Waals surface area contributed by atoms with Gasteiger partial charge in [0.1, 0.15) is 5.75 Å². The monoisotopic (exact) mass is 204 g/mol. The maximum absolute atomic E-state index is 11.3. The number of ether oxygens (including phenoxy) is 1. The zero-order chi connectivity index (χ0) is 10.8. The predicted octanol–water partition coefficient (Wildman–Crippen LogP) is 1.89. The molecule has 0 fully saturated rings. The summed E-state index contributed by atoms with van der Waals surface area (Å²) in [5.41, 5.74) is 2.47. The van der Waals surface area contributed by atoms with E-state index >= 15 is 0 Å². The highest BCUT2D eigenvalue weighted by Gasteiger charge is 2.18. The molecule has 2 rings (SSSR count). The lowest BCUT2D eigenvalue weighted by Gasteiger charge is -2.15. The van der Waals surface area contributed by atoms with E-state index in [1.54, 1.807) is 18.2 Å². The van der Waals surface area contributed by atoms with Crippen LogP contribution in [0.2, 0.25) is 0 Å². The van der Waals surface area contributed by atoms with Gasteiger partial charge >= 0.3 is 5.97 Å². The standard InChI is InChI=1S/C12H12O3/c1-15-12(14)9-5-6-10-8(7-9)3-2-4-11(10)13/h2-4,7,13H,5-6H2,1H3. The van der Waals surface area contributed by atoms with Crippen molar-refractivity contribution in [2.75, 3.05) is 7.11 Å². The third-order valence-corrected chi connectivity index (χ3v) is 2.61. The van der Waals surface area contributed by atoms with Gasteiger partial charge in [0, 0.05) is 11.1 Å². The zero-order valence-electron chi connectivity index (χ0n) is 8.49. The van der Waals surface area contributed by atoms with E-state index in [0.29, 0.717) is 24.2 Å². The van der Waals surface area contributed by atoms with E-state index in [1.807, 2.05) is 6.07 Å². The first-order valence-corrected chi connectivity index (χ1v) is 4.82. The minimum absolute atomic E-state index is 0.288. The number of carbonyl (C=O) groups is 1. The van der Waals surface area contributed by atoms with E-state index in [4.69, 9.17) is 0 Å². The van der Waals surface area contributed by atoms with Crippen molar-refractivity contribution in [2.24, 2.45) is 0 Å². The van der Waals surface area contributed by atoms with Gasteiger partial charge in [0.05, 0.1) is 7.11 Å². The normalized spacial score (nSPS) is 14.1. The molecule has 0 heterocycles. The van der Waals surface area contributed by atoms with Crippen LogP contribution in [0.5, 0.6) is 5.75 Å². The van der Waals surface area contributed by atoms with E-state index in [1.165, 1.54) is 7.11 Å². The van der Waals surface area contributed by atoms with E-state index in [9.17, 15) is 9.90 Å². The third-order valence-electron chi connectivity index (χ3n) is 2.61. The second kappa shape index (κ2) is 3.77. The molecule has 0 radical (unpaired) electrons. The van der Waals surface area contributed by atoms with E-state index < -0.39 is 0 Å². The summed E-state index contributed by atoms with van der Waals surface area (Å²) >= 11 is 0. The number of aromatic hydroxyl groups is 1. The fourth-order valence-corrected chi connectivity index (χ4v) is 1.81. The van der Waals surface area contributed by atoms with Gasteiger partial charge in [-0.3, -0.25) is 0 Å². The summed E-state index contributed by atoms with van der Waals surface area (Å²) in [6.07, 6.45) is 3.09. The van der Waals surface area contributed by atoms with Gasteiger partial charge in [0.2, 0.25) is 0 Å². The fraction of sp³-hybridized carbons (Fsp3) is 0.250. The number of phenols is 1. The number of hydrogen-bond donors (Lipinski definition) is 1. The molecule has 1 N–H and O–H groups in total. The molecule has 15 heavy (non-hydrogen) atoms. The highest BCUT2D eigenvalue weighted by atomic mass is 16.5. The van der Waals surface area contributed by atoms with Crippen molar-refractivity contribution in [1.82, 2.24) is 0 Å². The first-order valence-electron chi connectivity index (χ1n) is 4.82. The summed E-state index contributed by atoms with van der Waals surface area (Å²) in [7, 11) is 1.38. The van der Waals surface area contributed by atoms with Gasteiger partial charge in [0.25, 0.3) is 0 Å². The number of carbonyl (C=O) groups excluding carboxylic acids is 1. The van der Waals surface area contributed by atoms with Gasteiger partial charge in [-0.25, -0.2) is 4.79 Å². The van der Waals surface area contributed by atoms with Crippen LogP contribution in [0.4, 0.5) is 0 Å². The maximum atomic E-state index is 11.3. The Balaban J connectivity index is 2.42. The van der Waals surface area contributed by atoms with Crippen LogP contribution in [0.25, 0.3) is 6.08 Å². The third kappa shape index (κ3) is 1.73. The highest BCUT2D eigenvalue weighted by Crippen LogP contribution is 2.30. The molecule has 0 amide bonds. The maximum Gasteiger partial charge on any atom is 0.333 e. The molecule has 0 saturated heterocycles. The lowest BCUT2D eigenvalue weighted by molar-refractivity contribution is -0.136. The molecular weight excluding hydrogens is 192 g/mol. The average Bonchev–Trinajstić information content (AvgIpc) is 2.28. The van der Waals surface area contributed by atoms with E-state index in [2.05, 4.69) is 4.74 Å². The second-order valence-corrected chi connectivity index (χ2v) is 3.51. The smallest absolute Gasteiger partial charge is 0.333 e. The van der Waals surface area contributed by atoms with Crippen LogP contribution in [0.15, 0.2) is 23.8 Å². The summed E-state index contributed by atoms with van der Waals surface area (Å²) < 4.78 is 4.67. The Kier molecular flexibility index (Phi) is 2.46. The molecule has 1 aromatic rings. The van der Waals surface area contributed by atoms with Gasteiger partial charge < -0.3 is 9.84 Å². The first-order chi connectivity index (χ1) is 7.22. The molecule has 0 atom stereocenters. The molecule has 3 nitrogen and oxygen atoms in total. The molecule has 0 unspecified atom stereocenters. The molecule has 0 bridgehead atoms. The molecule has 0 aliphatic heterocycles. The number of esters is 1. The van der Waals surface area contributed by atoms with Gasteiger partial charge in [0.15, 0.2) is 0 Å². The number of phenolic OH excluding ortho intramolecular Hbond substituents is 1. The van der Waals surface area contributed by atoms with Gasteiger partial charge in [-0.05, 0) is 30.5 Å². The van der Waals surface area contributed by atoms with Crippen molar-refractivity contribution in [2.45, 2.75) is 12.8 Å². The molecule has 0 spiro atoms. The van der Waals surface area contributed by atoms with Gasteiger partial charge in [-0.2, -0.15) is 0 Å². The molecule has 1 aromatic carbocycles. The Morgan fingerprint density at radius 3 is 2.93 bits per heavy atom. The summed E-state index contributed by atoms with van der Waals surface area (Å²) in [6, 6.07) is 5.32. The lowest BCUT2D eigenvalue weighted by atomic mass is 9.91. The van der Waals surface area contributed by atoms with Gasteiger partial charge in [-0.15, -0.1) is 0 Å². The molecule has 0 saturated carbocycles. The number of fused-ring (bicyclic) bond motifs is 1. The number of benzene rings is 1. The van der Waals surface area contributed by atoms with Crippen molar-refractivity contribution in [3.05, 3.63) is 34.9 Å². The summed E-state index contributed by atoms with van der Waals surface area (Å²) in [5.74, 6) is 0.0108. The highest BCUT2D eigenvalue weighted by molar-refractivity contribution is 5.94. The molecule has 1 aliphatic rings. The number of hydrogen-bond acceptors (Lipinski definition) is 3. The Labute approximate surface area is 88.0 Å². The van der Waals surface area contributed by atoms with E-state index in [-0.39, 0.29) is 5.97 Å². The minimum Gasteiger partial charge on any atom is -0.508 e. The van der Waals surface area contributed by atoms with Crippen LogP contribution < -0.4 is 0 Å². The van der Waals surface area contributed by atoms with Crippen LogP contribution in [0.1, 0.15) is 17.5 Å². The molecular formula is C12H12O3. The van der Waals surface area contributed by atoms with Crippen LogP contribution in [-0.2, 0) is 16.0 Å². The van der Waals surface area contributed by atoms with Crippen molar-refractivity contribution < 1.29 is 14.6 Å². The van der Waals surface area contributed by atoms with Crippen molar-refractivity contribution in [3.63, 3.8) is 0 Å². The topological polar surface area (TPSA) is 46.5 Å². The largest absolute Gasteiger partial charge is 0.508 e. The quantitative estimate of drug-likeness (QED) is 0.710. The first kappa shape index (κ1) is 9.77. The predicted molar refractivity (Wildman–Crippen MR) is 56.4 cm³/mol. The Morgan fingerprint density at radius 2 is 2.20 bits per heavy atom. The SMILES string of the molecule is COC(=O)C1=Cc2cccc(O)c2CC1. The average molecular weight is 204 g/mol. The summed E-state index contributed by atoms with van der Waals surface area (Å²) in [5, 5.41) is 9.59. The van der Waals surface area contributed by atoms with Crippen molar-refractivity contribution in [3.8, 4) is 5.75 Å². The fourth-order valence-electron chi connectivity index (χ4n) is 1.81. The summed E-state index contributed by atoms with van der Waals surface area (Å²) in [4.78, 5) is 11.3. The van der Waals surface area contributed by atoms with Crippen LogP contribution in [0, 0.1) is 0 Å². The number of methoxy groups -OCH3 is 1. The van der Waals surface area contributed by atoms with Crippen LogP contribution >= 0.6 is 0 Å². The van der Waals surface area contributed by atoms with Crippen LogP contribution in [0.3, 0.4) is 0 Å².